The fraction of sp³-hybridized carbons (Fsp3) is 0.333. The topological polar surface area (TPSA) is 20.2 Å². The number of aliphatic hydroxyl groups excluding tert-OH is 1. The van der Waals surface area contributed by atoms with Gasteiger partial charge < -0.3 is 5.11 Å². The summed E-state index contributed by atoms with van der Waals surface area (Å²) in [5.41, 5.74) is 2.43. The number of rotatable bonds is 3. The number of benzene rings is 1. The van der Waals surface area contributed by atoms with Gasteiger partial charge in [0.1, 0.15) is 6.10 Å². The first-order valence-electron chi connectivity index (χ1n) is 6.09. The SMILES string of the molecule is Cc1ccc(C(O)c2ccccc2C2CC2)s1. The van der Waals surface area contributed by atoms with Crippen LogP contribution in [0.3, 0.4) is 0 Å². The largest absolute Gasteiger partial charge is 0.383 e. The van der Waals surface area contributed by atoms with E-state index in [9.17, 15) is 5.11 Å². The zero-order valence-corrected chi connectivity index (χ0v) is 10.7. The highest BCUT2D eigenvalue weighted by molar-refractivity contribution is 7.12. The average Bonchev–Trinajstić information content (AvgIpc) is 3.11. The van der Waals surface area contributed by atoms with Gasteiger partial charge in [-0.25, -0.2) is 0 Å². The molecule has 1 heterocycles. The highest BCUT2D eigenvalue weighted by Gasteiger charge is 2.28. The quantitative estimate of drug-likeness (QED) is 0.864. The second-order valence-electron chi connectivity index (χ2n) is 4.75. The van der Waals surface area contributed by atoms with Gasteiger partial charge in [-0.3, -0.25) is 0 Å². The molecule has 1 aliphatic carbocycles. The second-order valence-corrected chi connectivity index (χ2v) is 6.07. The predicted molar refractivity (Wildman–Crippen MR) is 71.5 cm³/mol. The van der Waals surface area contributed by atoms with E-state index in [4.69, 9.17) is 0 Å². The maximum absolute atomic E-state index is 10.5. The fourth-order valence-electron chi connectivity index (χ4n) is 2.28. The summed E-state index contributed by atoms with van der Waals surface area (Å²) in [5, 5.41) is 10.5. The molecule has 1 aromatic heterocycles. The van der Waals surface area contributed by atoms with Gasteiger partial charge in [-0.2, -0.15) is 0 Å². The number of hydrogen-bond donors (Lipinski definition) is 1. The molecular formula is C15H16OS. The number of thiophene rings is 1. The van der Waals surface area contributed by atoms with Crippen molar-refractivity contribution in [2.75, 3.05) is 0 Å². The van der Waals surface area contributed by atoms with Gasteiger partial charge in [-0.1, -0.05) is 24.3 Å². The Labute approximate surface area is 106 Å². The Morgan fingerprint density at radius 3 is 2.59 bits per heavy atom. The minimum atomic E-state index is -0.453. The van der Waals surface area contributed by atoms with Crippen LogP contribution in [0.4, 0.5) is 0 Å². The molecule has 0 saturated heterocycles. The van der Waals surface area contributed by atoms with Crippen LogP contribution in [-0.2, 0) is 0 Å². The summed E-state index contributed by atoms with van der Waals surface area (Å²) in [6, 6.07) is 12.4. The van der Waals surface area contributed by atoms with Crippen LogP contribution >= 0.6 is 11.3 Å². The minimum absolute atomic E-state index is 0.453. The molecule has 2 heteroatoms. The van der Waals surface area contributed by atoms with Crippen LogP contribution < -0.4 is 0 Å². The standard InChI is InChI=1S/C15H16OS/c1-10-6-9-14(17-10)15(16)13-5-3-2-4-12(13)11-7-8-11/h2-6,9,11,15-16H,7-8H2,1H3. The van der Waals surface area contributed by atoms with Crippen molar-refractivity contribution in [2.24, 2.45) is 0 Å². The highest BCUT2D eigenvalue weighted by atomic mass is 32.1. The van der Waals surface area contributed by atoms with Gasteiger partial charge in [0.05, 0.1) is 0 Å². The smallest absolute Gasteiger partial charge is 0.113 e. The van der Waals surface area contributed by atoms with Crippen LogP contribution in [0.1, 0.15) is 45.7 Å². The first kappa shape index (κ1) is 11.0. The fourth-order valence-corrected chi connectivity index (χ4v) is 3.16. The number of hydrogen-bond acceptors (Lipinski definition) is 2. The van der Waals surface area contributed by atoms with E-state index in [2.05, 4.69) is 31.2 Å². The summed E-state index contributed by atoms with van der Waals surface area (Å²) < 4.78 is 0. The van der Waals surface area contributed by atoms with Crippen LogP contribution in [0, 0.1) is 6.92 Å². The molecule has 1 N–H and O–H groups in total. The van der Waals surface area contributed by atoms with E-state index in [0.29, 0.717) is 5.92 Å². The highest BCUT2D eigenvalue weighted by Crippen LogP contribution is 2.44. The van der Waals surface area contributed by atoms with Crippen LogP contribution in [0.15, 0.2) is 36.4 Å². The van der Waals surface area contributed by atoms with Crippen molar-refractivity contribution in [1.29, 1.82) is 0 Å². The van der Waals surface area contributed by atoms with Gasteiger partial charge in [-0.15, -0.1) is 11.3 Å². The van der Waals surface area contributed by atoms with Crippen molar-refractivity contribution in [2.45, 2.75) is 31.8 Å². The van der Waals surface area contributed by atoms with Gasteiger partial charge in [0.25, 0.3) is 0 Å². The Bertz CT molecular complexity index is 525. The molecular weight excluding hydrogens is 228 g/mol. The molecule has 88 valence electrons. The maximum Gasteiger partial charge on any atom is 0.113 e. The van der Waals surface area contributed by atoms with Gasteiger partial charge in [0.2, 0.25) is 0 Å². The van der Waals surface area contributed by atoms with Crippen molar-refractivity contribution in [3.8, 4) is 0 Å². The van der Waals surface area contributed by atoms with Crippen LogP contribution in [-0.4, -0.2) is 5.11 Å². The van der Waals surface area contributed by atoms with E-state index in [1.807, 2.05) is 12.1 Å². The van der Waals surface area contributed by atoms with E-state index < -0.39 is 6.10 Å². The van der Waals surface area contributed by atoms with E-state index >= 15 is 0 Å². The molecule has 17 heavy (non-hydrogen) atoms. The maximum atomic E-state index is 10.5. The molecule has 1 unspecified atom stereocenters. The Morgan fingerprint density at radius 2 is 1.94 bits per heavy atom. The number of aliphatic hydroxyl groups is 1. The summed E-state index contributed by atoms with van der Waals surface area (Å²) in [4.78, 5) is 2.30. The lowest BCUT2D eigenvalue weighted by molar-refractivity contribution is 0.223. The van der Waals surface area contributed by atoms with Crippen LogP contribution in [0.25, 0.3) is 0 Å². The predicted octanol–water partition coefficient (Wildman–Crippen LogP) is 4.02. The Morgan fingerprint density at radius 1 is 1.18 bits per heavy atom. The molecule has 1 aliphatic rings. The third-order valence-corrected chi connectivity index (χ3v) is 4.39. The third-order valence-electron chi connectivity index (χ3n) is 3.34. The third kappa shape index (κ3) is 2.15. The van der Waals surface area contributed by atoms with Crippen molar-refractivity contribution < 1.29 is 5.11 Å². The molecule has 1 atom stereocenters. The minimum Gasteiger partial charge on any atom is -0.383 e. The average molecular weight is 244 g/mol. The molecule has 0 aliphatic heterocycles. The van der Waals surface area contributed by atoms with E-state index in [1.54, 1.807) is 11.3 Å². The molecule has 0 radical (unpaired) electrons. The van der Waals surface area contributed by atoms with Gasteiger partial charge in [-0.05, 0) is 48.9 Å². The summed E-state index contributed by atoms with van der Waals surface area (Å²) in [5.74, 6) is 0.682. The van der Waals surface area contributed by atoms with Crippen LogP contribution in [0.2, 0.25) is 0 Å². The summed E-state index contributed by atoms with van der Waals surface area (Å²) in [6.07, 6.45) is 2.09. The van der Waals surface area contributed by atoms with Crippen molar-refractivity contribution in [1.82, 2.24) is 0 Å². The Balaban J connectivity index is 1.98. The first-order chi connectivity index (χ1) is 8.25. The van der Waals surface area contributed by atoms with Gasteiger partial charge >= 0.3 is 0 Å². The van der Waals surface area contributed by atoms with Crippen LogP contribution in [0.5, 0.6) is 0 Å². The lowest BCUT2D eigenvalue weighted by Crippen LogP contribution is -2.01. The van der Waals surface area contributed by atoms with Crippen molar-refractivity contribution in [3.63, 3.8) is 0 Å². The molecule has 1 fully saturated rings. The van der Waals surface area contributed by atoms with Crippen molar-refractivity contribution >= 4 is 11.3 Å². The first-order valence-corrected chi connectivity index (χ1v) is 6.90. The van der Waals surface area contributed by atoms with Gasteiger partial charge in [0.15, 0.2) is 0 Å². The molecule has 0 bridgehead atoms. The summed E-state index contributed by atoms with van der Waals surface area (Å²) in [7, 11) is 0. The van der Waals surface area contributed by atoms with Gasteiger partial charge in [0, 0.05) is 9.75 Å². The molecule has 0 spiro atoms. The molecule has 0 amide bonds. The Kier molecular flexibility index (Phi) is 2.77. The summed E-state index contributed by atoms with van der Waals surface area (Å²) in [6.45, 7) is 2.08. The van der Waals surface area contributed by atoms with E-state index in [0.717, 1.165) is 10.4 Å². The normalized spacial score (nSPS) is 17.1. The van der Waals surface area contributed by atoms with E-state index in [1.165, 1.54) is 23.3 Å². The van der Waals surface area contributed by atoms with Crippen molar-refractivity contribution in [3.05, 3.63) is 57.3 Å². The zero-order valence-electron chi connectivity index (χ0n) is 9.89. The lowest BCUT2D eigenvalue weighted by Gasteiger charge is -2.13. The molecule has 3 rings (SSSR count). The zero-order chi connectivity index (χ0) is 11.8. The summed E-state index contributed by atoms with van der Waals surface area (Å²) >= 11 is 1.68. The molecule has 1 saturated carbocycles. The lowest BCUT2D eigenvalue weighted by atomic mass is 9.98. The number of aryl methyl sites for hydroxylation is 1. The molecule has 2 aromatic rings. The van der Waals surface area contributed by atoms with E-state index in [-0.39, 0.29) is 0 Å². The second kappa shape index (κ2) is 4.28. The molecule has 1 nitrogen and oxygen atoms in total. The Hall–Kier alpha value is -1.12. The molecule has 1 aromatic carbocycles. The monoisotopic (exact) mass is 244 g/mol.